The lowest BCUT2D eigenvalue weighted by atomic mass is 10.1. The molecule has 8 nitrogen and oxygen atoms in total. The van der Waals surface area contributed by atoms with Gasteiger partial charge in [-0.25, -0.2) is 4.31 Å². The number of methoxy groups -OCH3 is 1. The Kier molecular flexibility index (Phi) is 6.34. The molecular weight excluding hydrogens is 438 g/mol. The molecule has 1 aromatic carbocycles. The van der Waals surface area contributed by atoms with Gasteiger partial charge in [0, 0.05) is 69.9 Å². The third kappa shape index (κ3) is 4.48. The molecular formula is C24H31N5O3S. The molecule has 0 spiro atoms. The van der Waals surface area contributed by atoms with Crippen LogP contribution in [0.3, 0.4) is 0 Å². The number of carbonyl (C=O) groups is 2. The first kappa shape index (κ1) is 22.3. The summed E-state index contributed by atoms with van der Waals surface area (Å²) in [7, 11) is 1.66. The Morgan fingerprint density at radius 2 is 1.70 bits per heavy atom. The summed E-state index contributed by atoms with van der Waals surface area (Å²) in [4.78, 5) is 36.9. The highest BCUT2D eigenvalue weighted by molar-refractivity contribution is 7.96. The molecule has 2 amide bonds. The molecule has 2 aliphatic heterocycles. The van der Waals surface area contributed by atoms with Gasteiger partial charge in [0.05, 0.1) is 23.9 Å². The number of nitrogens with zero attached hydrogens (tertiary/aromatic N) is 5. The van der Waals surface area contributed by atoms with E-state index in [1.807, 2.05) is 28.0 Å². The number of fused-ring (bicyclic) bond motifs is 1. The first-order valence-electron chi connectivity index (χ1n) is 11.7. The fourth-order valence-corrected chi connectivity index (χ4v) is 5.29. The van der Waals surface area contributed by atoms with Crippen LogP contribution < -0.4 is 9.64 Å². The van der Waals surface area contributed by atoms with Crippen LogP contribution in [0, 0.1) is 5.92 Å². The average molecular weight is 470 g/mol. The Morgan fingerprint density at radius 1 is 1.00 bits per heavy atom. The van der Waals surface area contributed by atoms with Crippen LogP contribution >= 0.6 is 11.9 Å². The first-order chi connectivity index (χ1) is 16.1. The van der Waals surface area contributed by atoms with Gasteiger partial charge in [-0.3, -0.25) is 14.6 Å². The third-order valence-electron chi connectivity index (χ3n) is 6.90. The van der Waals surface area contributed by atoms with E-state index in [0.29, 0.717) is 31.7 Å². The minimum Gasteiger partial charge on any atom is -0.497 e. The van der Waals surface area contributed by atoms with Gasteiger partial charge in [-0.2, -0.15) is 0 Å². The smallest absolute Gasteiger partial charge is 0.257 e. The van der Waals surface area contributed by atoms with Crippen LogP contribution in [0.25, 0.3) is 10.9 Å². The van der Waals surface area contributed by atoms with E-state index in [0.717, 1.165) is 61.4 Å². The Labute approximate surface area is 199 Å². The molecule has 1 saturated carbocycles. The summed E-state index contributed by atoms with van der Waals surface area (Å²) < 4.78 is 7.83. The SMILES string of the molecule is COc1ccc2ncc(C(=O)N3CCN(C(=O)C4CC4)CC3)c(N3CCN(SC)CC3)c2c1. The van der Waals surface area contributed by atoms with Crippen LogP contribution in [0.2, 0.25) is 0 Å². The molecule has 3 aliphatic rings. The zero-order valence-corrected chi connectivity index (χ0v) is 20.1. The van der Waals surface area contributed by atoms with Crippen LogP contribution in [0.1, 0.15) is 23.2 Å². The summed E-state index contributed by atoms with van der Waals surface area (Å²) in [5.41, 5.74) is 2.44. The van der Waals surface area contributed by atoms with Crippen molar-refractivity contribution in [1.29, 1.82) is 0 Å². The maximum Gasteiger partial charge on any atom is 0.257 e. The number of hydrogen-bond acceptors (Lipinski definition) is 7. The van der Waals surface area contributed by atoms with Crippen molar-refractivity contribution in [3.8, 4) is 5.75 Å². The number of rotatable bonds is 5. The lowest BCUT2D eigenvalue weighted by Crippen LogP contribution is -2.51. The summed E-state index contributed by atoms with van der Waals surface area (Å²) in [6, 6.07) is 5.84. The van der Waals surface area contributed by atoms with E-state index in [4.69, 9.17) is 4.74 Å². The normalized spacial score (nSPS) is 19.8. The van der Waals surface area contributed by atoms with Crippen LogP contribution in [-0.2, 0) is 4.79 Å². The van der Waals surface area contributed by atoms with Crippen molar-refractivity contribution >= 4 is 40.4 Å². The summed E-state index contributed by atoms with van der Waals surface area (Å²) in [6.45, 7) is 5.91. The van der Waals surface area contributed by atoms with Gasteiger partial charge in [0.25, 0.3) is 5.91 Å². The zero-order chi connectivity index (χ0) is 22.9. The van der Waals surface area contributed by atoms with Crippen molar-refractivity contribution < 1.29 is 14.3 Å². The van der Waals surface area contributed by atoms with E-state index in [2.05, 4.69) is 20.4 Å². The van der Waals surface area contributed by atoms with Crippen LogP contribution in [0.4, 0.5) is 5.69 Å². The molecule has 33 heavy (non-hydrogen) atoms. The fraction of sp³-hybridized carbons (Fsp3) is 0.542. The first-order valence-corrected chi connectivity index (χ1v) is 12.9. The van der Waals surface area contributed by atoms with Gasteiger partial charge < -0.3 is 19.4 Å². The number of carbonyl (C=O) groups excluding carboxylic acids is 2. The van der Waals surface area contributed by atoms with E-state index in [1.165, 1.54) is 0 Å². The maximum atomic E-state index is 13.7. The van der Waals surface area contributed by atoms with Gasteiger partial charge in [0.2, 0.25) is 5.91 Å². The highest BCUT2D eigenvalue weighted by atomic mass is 32.2. The van der Waals surface area contributed by atoms with Crippen molar-refractivity contribution in [3.63, 3.8) is 0 Å². The van der Waals surface area contributed by atoms with Crippen LogP contribution in [0.5, 0.6) is 5.75 Å². The Bertz CT molecular complexity index is 1040. The largest absolute Gasteiger partial charge is 0.497 e. The topological polar surface area (TPSA) is 69.2 Å². The molecule has 0 bridgehead atoms. The Balaban J connectivity index is 1.44. The summed E-state index contributed by atoms with van der Waals surface area (Å²) >= 11 is 1.76. The standard InChI is InChI=1S/C24H31N5O3S/c1-32-18-5-6-21-19(15-18)22(26-11-13-29(33-2)14-12-26)20(16-25-21)24(31)28-9-7-27(8-10-28)23(30)17-3-4-17/h5-6,15-17H,3-4,7-14H2,1-2H3. The summed E-state index contributed by atoms with van der Waals surface area (Å²) in [5.74, 6) is 1.23. The predicted molar refractivity (Wildman–Crippen MR) is 131 cm³/mol. The second kappa shape index (κ2) is 9.38. The van der Waals surface area contributed by atoms with Gasteiger partial charge in [-0.15, -0.1) is 0 Å². The summed E-state index contributed by atoms with van der Waals surface area (Å²) in [6.07, 6.45) is 5.86. The predicted octanol–water partition coefficient (Wildman–Crippen LogP) is 2.34. The van der Waals surface area contributed by atoms with Gasteiger partial charge >= 0.3 is 0 Å². The van der Waals surface area contributed by atoms with Crippen molar-refractivity contribution in [2.75, 3.05) is 70.6 Å². The lowest BCUT2D eigenvalue weighted by Gasteiger charge is -2.38. The molecule has 9 heteroatoms. The number of amides is 2. The lowest BCUT2D eigenvalue weighted by molar-refractivity contribution is -0.134. The molecule has 2 saturated heterocycles. The Hall–Kier alpha value is -2.52. The molecule has 1 aromatic heterocycles. The molecule has 2 aromatic rings. The average Bonchev–Trinajstić information content (AvgIpc) is 3.72. The third-order valence-corrected chi connectivity index (χ3v) is 7.78. The monoisotopic (exact) mass is 469 g/mol. The van der Waals surface area contributed by atoms with E-state index in [9.17, 15) is 9.59 Å². The molecule has 0 atom stereocenters. The molecule has 1 aliphatic carbocycles. The molecule has 0 radical (unpaired) electrons. The van der Waals surface area contributed by atoms with Gasteiger partial charge in [0.15, 0.2) is 0 Å². The van der Waals surface area contributed by atoms with Crippen molar-refractivity contribution in [3.05, 3.63) is 30.0 Å². The van der Waals surface area contributed by atoms with Crippen LogP contribution in [0.15, 0.2) is 24.4 Å². The molecule has 5 rings (SSSR count). The molecule has 0 N–H and O–H groups in total. The molecule has 3 fully saturated rings. The number of aromatic nitrogens is 1. The van der Waals surface area contributed by atoms with Crippen LogP contribution in [-0.4, -0.2) is 96.6 Å². The zero-order valence-electron chi connectivity index (χ0n) is 19.3. The van der Waals surface area contributed by atoms with Gasteiger partial charge in [-0.05, 0) is 37.3 Å². The van der Waals surface area contributed by atoms with E-state index < -0.39 is 0 Å². The molecule has 3 heterocycles. The fourth-order valence-electron chi connectivity index (χ4n) is 4.76. The summed E-state index contributed by atoms with van der Waals surface area (Å²) in [5, 5.41) is 0.945. The highest BCUT2D eigenvalue weighted by Gasteiger charge is 2.36. The number of pyridine rings is 1. The highest BCUT2D eigenvalue weighted by Crippen LogP contribution is 2.35. The van der Waals surface area contributed by atoms with E-state index in [-0.39, 0.29) is 17.7 Å². The number of anilines is 1. The second-order valence-electron chi connectivity index (χ2n) is 8.89. The van der Waals surface area contributed by atoms with Crippen molar-refractivity contribution in [2.45, 2.75) is 12.8 Å². The van der Waals surface area contributed by atoms with E-state index >= 15 is 0 Å². The number of piperazine rings is 2. The minimum atomic E-state index is -0.00645. The van der Waals surface area contributed by atoms with Gasteiger partial charge in [0.1, 0.15) is 5.75 Å². The second-order valence-corrected chi connectivity index (χ2v) is 9.78. The van der Waals surface area contributed by atoms with Crippen molar-refractivity contribution in [2.24, 2.45) is 5.92 Å². The van der Waals surface area contributed by atoms with Crippen molar-refractivity contribution in [1.82, 2.24) is 19.1 Å². The maximum absolute atomic E-state index is 13.7. The molecule has 176 valence electrons. The number of ether oxygens (including phenoxy) is 1. The number of benzene rings is 1. The quantitative estimate of drug-likeness (QED) is 0.623. The minimum absolute atomic E-state index is 0.00645. The number of hydrogen-bond donors (Lipinski definition) is 0. The van der Waals surface area contributed by atoms with Gasteiger partial charge in [-0.1, -0.05) is 11.9 Å². The molecule has 0 unspecified atom stereocenters. The Morgan fingerprint density at radius 3 is 2.33 bits per heavy atom. The van der Waals surface area contributed by atoms with E-state index in [1.54, 1.807) is 25.3 Å².